The Hall–Kier alpha value is -5.00. The highest BCUT2D eigenvalue weighted by molar-refractivity contribution is 5.90. The van der Waals surface area contributed by atoms with Gasteiger partial charge in [-0.1, -0.05) is 36.4 Å². The summed E-state index contributed by atoms with van der Waals surface area (Å²) in [6, 6.07) is 20.0. The minimum Gasteiger partial charge on any atom is -0.457 e. The number of nitriles is 2. The van der Waals surface area contributed by atoms with E-state index in [2.05, 4.69) is 9.97 Å². The van der Waals surface area contributed by atoms with Crippen LogP contribution in [0.1, 0.15) is 11.1 Å². The number of nitrogens with one attached hydrogen (secondary N) is 2. The van der Waals surface area contributed by atoms with Gasteiger partial charge in [-0.3, -0.25) is 0 Å². The molecule has 5 rings (SSSR count). The molecule has 0 atom stereocenters. The van der Waals surface area contributed by atoms with Crippen molar-refractivity contribution in [1.29, 1.82) is 10.5 Å². The van der Waals surface area contributed by atoms with Crippen LogP contribution in [0.4, 0.5) is 0 Å². The topological polar surface area (TPSA) is 88.4 Å². The van der Waals surface area contributed by atoms with Gasteiger partial charge in [-0.05, 0) is 59.7 Å². The molecule has 0 fully saturated rings. The molecule has 4 aromatic rings. The summed E-state index contributed by atoms with van der Waals surface area (Å²) in [5, 5.41) is 21.0. The predicted octanol–water partition coefficient (Wildman–Crippen LogP) is 6.52. The van der Waals surface area contributed by atoms with Crippen LogP contribution in [0, 0.1) is 22.7 Å². The van der Waals surface area contributed by atoms with Gasteiger partial charge in [0.05, 0.1) is 0 Å². The van der Waals surface area contributed by atoms with Crippen molar-refractivity contribution in [2.45, 2.75) is 0 Å². The summed E-state index contributed by atoms with van der Waals surface area (Å²) in [5.74, 6) is 1.08. The minimum absolute atomic E-state index is 0.0364. The summed E-state index contributed by atoms with van der Waals surface area (Å²) in [5.41, 5.74) is 4.70. The molecule has 2 N–H and O–H groups in total. The van der Waals surface area contributed by atoms with Gasteiger partial charge >= 0.3 is 0 Å². The van der Waals surface area contributed by atoms with Gasteiger partial charge in [0.15, 0.2) is 0 Å². The van der Waals surface area contributed by atoms with Gasteiger partial charge in [-0.2, -0.15) is 10.5 Å². The Morgan fingerprint density at radius 1 is 0.697 bits per heavy atom. The van der Waals surface area contributed by atoms with Crippen molar-refractivity contribution in [2.75, 3.05) is 0 Å². The van der Waals surface area contributed by atoms with Gasteiger partial charge in [-0.15, -0.1) is 0 Å². The van der Waals surface area contributed by atoms with E-state index in [-0.39, 0.29) is 5.57 Å². The molecule has 0 saturated carbocycles. The Morgan fingerprint density at radius 3 is 1.67 bits per heavy atom. The molecule has 0 spiro atoms. The van der Waals surface area contributed by atoms with E-state index in [4.69, 9.17) is 4.74 Å². The van der Waals surface area contributed by atoms with Crippen molar-refractivity contribution < 1.29 is 4.74 Å². The molecule has 1 aliphatic heterocycles. The fraction of sp³-hybridized carbons (Fsp3) is 0. The van der Waals surface area contributed by atoms with Crippen LogP contribution in [0.15, 0.2) is 108 Å². The van der Waals surface area contributed by atoms with Gasteiger partial charge < -0.3 is 14.7 Å². The van der Waals surface area contributed by atoms with Crippen molar-refractivity contribution in [3.63, 3.8) is 0 Å². The molecule has 0 amide bonds. The summed E-state index contributed by atoms with van der Waals surface area (Å²) < 4.78 is 6.05. The number of aromatic nitrogens is 2. The van der Waals surface area contributed by atoms with Crippen molar-refractivity contribution in [3.8, 4) is 12.1 Å². The highest BCUT2D eigenvalue weighted by atomic mass is 16.5. The van der Waals surface area contributed by atoms with Crippen molar-refractivity contribution in [1.82, 2.24) is 9.97 Å². The van der Waals surface area contributed by atoms with E-state index in [1.54, 1.807) is 12.2 Å². The van der Waals surface area contributed by atoms with Crippen LogP contribution in [0.2, 0.25) is 0 Å². The van der Waals surface area contributed by atoms with Crippen LogP contribution in [-0.4, -0.2) is 9.97 Å². The first-order valence-corrected chi connectivity index (χ1v) is 10.4. The van der Waals surface area contributed by atoms with Gasteiger partial charge in [-0.25, -0.2) is 0 Å². The zero-order valence-electron chi connectivity index (χ0n) is 17.5. The number of fused-ring (bicyclic) bond motifs is 2. The molecule has 0 radical (unpaired) electrons. The third-order valence-electron chi connectivity index (χ3n) is 5.44. The predicted molar refractivity (Wildman–Crippen MR) is 130 cm³/mol. The second-order valence-electron chi connectivity index (χ2n) is 7.50. The molecule has 5 nitrogen and oxygen atoms in total. The second kappa shape index (κ2) is 8.63. The largest absolute Gasteiger partial charge is 0.457 e. The van der Waals surface area contributed by atoms with E-state index in [0.717, 1.165) is 32.9 Å². The highest BCUT2D eigenvalue weighted by Crippen LogP contribution is 2.27. The smallest absolute Gasteiger partial charge is 0.137 e. The lowest BCUT2D eigenvalue weighted by atomic mass is 10.0. The molecular formula is C28H18N4O. The number of aromatic amines is 2. The number of allylic oxidation sites excluding steroid dienone is 6. The molecule has 0 bridgehead atoms. The van der Waals surface area contributed by atoms with Crippen LogP contribution in [0.25, 0.3) is 34.0 Å². The van der Waals surface area contributed by atoms with Crippen molar-refractivity contribution >= 4 is 34.0 Å². The maximum Gasteiger partial charge on any atom is 0.137 e. The van der Waals surface area contributed by atoms with Gasteiger partial charge in [0, 0.05) is 39.8 Å². The third-order valence-corrected chi connectivity index (χ3v) is 5.44. The summed E-state index contributed by atoms with van der Waals surface area (Å²) >= 11 is 0. The molecule has 2 aromatic carbocycles. The third kappa shape index (κ3) is 3.99. The molecule has 33 heavy (non-hydrogen) atoms. The second-order valence-corrected chi connectivity index (χ2v) is 7.50. The van der Waals surface area contributed by atoms with Crippen LogP contribution in [0.3, 0.4) is 0 Å². The SMILES string of the molecule is N#CC(C#N)=C1C=C(/C=C/c2c[nH]c3ccccc23)OC(/C=C/c2c[nH]c3ccccc23)=C1. The summed E-state index contributed by atoms with van der Waals surface area (Å²) in [6.07, 6.45) is 14.9. The van der Waals surface area contributed by atoms with Crippen LogP contribution in [-0.2, 0) is 4.74 Å². The Bertz CT molecular complexity index is 1490. The van der Waals surface area contributed by atoms with Gasteiger partial charge in [0.2, 0.25) is 0 Å². The zero-order chi connectivity index (χ0) is 22.6. The fourth-order valence-corrected chi connectivity index (χ4v) is 3.81. The molecule has 156 valence electrons. The van der Waals surface area contributed by atoms with Crippen molar-refractivity contribution in [2.24, 2.45) is 0 Å². The first-order chi connectivity index (χ1) is 16.2. The molecule has 5 heteroatoms. The molecule has 0 aliphatic carbocycles. The maximum atomic E-state index is 9.37. The normalized spacial score (nSPS) is 13.7. The highest BCUT2D eigenvalue weighted by Gasteiger charge is 2.12. The van der Waals surface area contributed by atoms with E-state index < -0.39 is 0 Å². The first-order valence-electron chi connectivity index (χ1n) is 10.4. The van der Waals surface area contributed by atoms with Crippen molar-refractivity contribution in [3.05, 3.63) is 119 Å². The Morgan fingerprint density at radius 2 is 1.18 bits per heavy atom. The quantitative estimate of drug-likeness (QED) is 0.364. The van der Waals surface area contributed by atoms with E-state index >= 15 is 0 Å². The zero-order valence-corrected chi connectivity index (χ0v) is 17.5. The average molecular weight is 426 g/mol. The van der Waals surface area contributed by atoms with E-state index in [1.165, 1.54) is 0 Å². The number of benzene rings is 2. The monoisotopic (exact) mass is 426 g/mol. The Labute approximate surface area is 190 Å². The first kappa shape index (κ1) is 19.9. The number of ether oxygens (including phenoxy) is 1. The van der Waals surface area contributed by atoms with Crippen LogP contribution in [0.5, 0.6) is 0 Å². The molecule has 2 aromatic heterocycles. The Balaban J connectivity index is 1.47. The van der Waals surface area contributed by atoms with Crippen LogP contribution < -0.4 is 0 Å². The van der Waals surface area contributed by atoms with E-state index in [1.807, 2.05) is 97.4 Å². The lowest BCUT2D eigenvalue weighted by Crippen LogP contribution is -1.98. The number of para-hydroxylation sites is 2. The molecule has 3 heterocycles. The van der Waals surface area contributed by atoms with Crippen LogP contribution >= 0.6 is 0 Å². The number of rotatable bonds is 4. The van der Waals surface area contributed by atoms with Gasteiger partial charge in [0.25, 0.3) is 0 Å². The average Bonchev–Trinajstić information content (AvgIpc) is 3.46. The number of H-pyrrole nitrogens is 2. The van der Waals surface area contributed by atoms with Gasteiger partial charge in [0.1, 0.15) is 29.2 Å². The molecule has 0 saturated heterocycles. The van der Waals surface area contributed by atoms with E-state index in [9.17, 15) is 10.5 Å². The minimum atomic E-state index is 0.0364. The summed E-state index contributed by atoms with van der Waals surface area (Å²) in [7, 11) is 0. The summed E-state index contributed by atoms with van der Waals surface area (Å²) in [4.78, 5) is 6.50. The summed E-state index contributed by atoms with van der Waals surface area (Å²) in [6.45, 7) is 0. The molecule has 1 aliphatic rings. The Kier molecular flexibility index (Phi) is 5.21. The molecular weight excluding hydrogens is 408 g/mol. The number of hydrogen-bond donors (Lipinski definition) is 2. The maximum absolute atomic E-state index is 9.37. The number of hydrogen-bond acceptors (Lipinski definition) is 3. The lowest BCUT2D eigenvalue weighted by Gasteiger charge is -2.14. The molecule has 0 unspecified atom stereocenters. The number of nitrogens with zero attached hydrogens (tertiary/aromatic N) is 2. The van der Waals surface area contributed by atoms with E-state index in [0.29, 0.717) is 17.1 Å². The lowest BCUT2D eigenvalue weighted by molar-refractivity contribution is 0.332. The standard InChI is InChI=1S/C28H18N4O/c29-15-22(16-30)21-13-23(11-9-19-17-31-27-7-3-1-5-25(19)27)33-24(14-21)12-10-20-18-32-28-8-4-2-6-26(20)28/h1-14,17-18,31-32H/b11-9+,12-10+. The fourth-order valence-electron chi connectivity index (χ4n) is 3.81.